The lowest BCUT2D eigenvalue weighted by atomic mass is 10.0. The Labute approximate surface area is 311 Å². The Balaban J connectivity index is 1.22. The van der Waals surface area contributed by atoms with E-state index in [-0.39, 0.29) is 0 Å². The normalized spacial score (nSPS) is 11.7. The zero-order chi connectivity index (χ0) is 35.6. The fourth-order valence-corrected chi connectivity index (χ4v) is 8.20. The highest BCUT2D eigenvalue weighted by atomic mass is 15.0. The molecule has 11 aromatic rings. The monoisotopic (exact) mass is 689 g/mol. The lowest BCUT2D eigenvalue weighted by molar-refractivity contribution is 1.08. The lowest BCUT2D eigenvalue weighted by Crippen LogP contribution is -2.01. The van der Waals surface area contributed by atoms with Gasteiger partial charge in [0.15, 0.2) is 17.5 Å². The first kappa shape index (κ1) is 30.3. The van der Waals surface area contributed by atoms with Gasteiger partial charge in [-0.15, -0.1) is 0 Å². The molecule has 0 N–H and O–H groups in total. The number of aromatic nitrogens is 5. The number of hydrogen-bond donors (Lipinski definition) is 0. The minimum absolute atomic E-state index is 0.633. The van der Waals surface area contributed by atoms with Gasteiger partial charge in [-0.1, -0.05) is 133 Å². The molecule has 3 heterocycles. The molecule has 0 aliphatic rings. The maximum absolute atomic E-state index is 5.40. The van der Waals surface area contributed by atoms with Crippen molar-refractivity contribution in [2.45, 2.75) is 0 Å². The summed E-state index contributed by atoms with van der Waals surface area (Å²) in [4.78, 5) is 16.0. The second-order valence-electron chi connectivity index (χ2n) is 13.6. The summed E-state index contributed by atoms with van der Waals surface area (Å²) < 4.78 is 4.67. The Kier molecular flexibility index (Phi) is 6.79. The van der Waals surface area contributed by atoms with Crippen LogP contribution in [0.4, 0.5) is 0 Å². The first-order valence-electron chi connectivity index (χ1n) is 18.2. The number of para-hydroxylation sites is 4. The minimum Gasteiger partial charge on any atom is -0.309 e. The predicted octanol–water partition coefficient (Wildman–Crippen LogP) is 12.2. The zero-order valence-corrected chi connectivity index (χ0v) is 29.1. The molecule has 0 bridgehead atoms. The van der Waals surface area contributed by atoms with E-state index in [0.717, 1.165) is 77.1 Å². The van der Waals surface area contributed by atoms with Gasteiger partial charge in [0.05, 0.1) is 22.1 Å². The minimum atomic E-state index is 0.633. The molecule has 0 aliphatic carbocycles. The molecule has 8 aromatic carbocycles. The van der Waals surface area contributed by atoms with Crippen molar-refractivity contribution < 1.29 is 0 Å². The van der Waals surface area contributed by atoms with E-state index in [9.17, 15) is 0 Å². The van der Waals surface area contributed by atoms with Gasteiger partial charge in [-0.05, 0) is 65.4 Å². The van der Waals surface area contributed by atoms with Gasteiger partial charge < -0.3 is 9.13 Å². The molecule has 5 heteroatoms. The largest absolute Gasteiger partial charge is 0.309 e. The van der Waals surface area contributed by atoms with Crippen molar-refractivity contribution in [3.05, 3.63) is 188 Å². The highest BCUT2D eigenvalue weighted by Crippen LogP contribution is 2.41. The van der Waals surface area contributed by atoms with Gasteiger partial charge in [-0.25, -0.2) is 15.0 Å². The van der Waals surface area contributed by atoms with E-state index in [0.29, 0.717) is 17.5 Å². The van der Waals surface area contributed by atoms with Crippen molar-refractivity contribution in [2.24, 2.45) is 0 Å². The van der Waals surface area contributed by atoms with Crippen LogP contribution in [-0.4, -0.2) is 24.1 Å². The number of hydrogen-bond acceptors (Lipinski definition) is 3. The second kappa shape index (κ2) is 12.1. The Bertz CT molecular complexity index is 3040. The molecule has 0 spiro atoms. The Morgan fingerprint density at radius 1 is 0.315 bits per heavy atom. The number of nitrogens with zero attached hydrogens (tertiary/aromatic N) is 5. The Morgan fingerprint density at radius 2 is 0.759 bits per heavy atom. The molecule has 0 radical (unpaired) electrons. The number of benzene rings is 8. The van der Waals surface area contributed by atoms with Crippen LogP contribution in [0.2, 0.25) is 0 Å². The third-order valence-electron chi connectivity index (χ3n) is 10.5. The maximum Gasteiger partial charge on any atom is 0.164 e. The molecular weight excluding hydrogens is 659 g/mol. The van der Waals surface area contributed by atoms with E-state index in [1.165, 1.54) is 5.39 Å². The summed E-state index contributed by atoms with van der Waals surface area (Å²) in [5.74, 6) is 1.90. The molecular formula is C49H31N5. The molecule has 54 heavy (non-hydrogen) atoms. The number of rotatable bonds is 5. The molecule has 5 nitrogen and oxygen atoms in total. The molecule has 0 aliphatic heterocycles. The summed E-state index contributed by atoms with van der Waals surface area (Å²) in [5, 5.41) is 6.82. The maximum atomic E-state index is 5.40. The van der Waals surface area contributed by atoms with Crippen molar-refractivity contribution in [1.82, 2.24) is 24.1 Å². The summed E-state index contributed by atoms with van der Waals surface area (Å²) >= 11 is 0. The predicted molar refractivity (Wildman–Crippen MR) is 222 cm³/mol. The fourth-order valence-electron chi connectivity index (χ4n) is 8.20. The van der Waals surface area contributed by atoms with Crippen molar-refractivity contribution in [1.29, 1.82) is 0 Å². The van der Waals surface area contributed by atoms with Crippen molar-refractivity contribution in [3.8, 4) is 45.5 Å². The van der Waals surface area contributed by atoms with Gasteiger partial charge in [-0.2, -0.15) is 0 Å². The molecule has 3 aromatic heterocycles. The van der Waals surface area contributed by atoms with E-state index in [1.807, 2.05) is 0 Å². The molecule has 0 amide bonds. The van der Waals surface area contributed by atoms with Crippen LogP contribution in [-0.2, 0) is 0 Å². The van der Waals surface area contributed by atoms with Gasteiger partial charge in [0, 0.05) is 49.6 Å². The van der Waals surface area contributed by atoms with Gasteiger partial charge in [0.1, 0.15) is 0 Å². The van der Waals surface area contributed by atoms with Gasteiger partial charge in [0.2, 0.25) is 0 Å². The quantitative estimate of drug-likeness (QED) is 0.181. The van der Waals surface area contributed by atoms with Crippen molar-refractivity contribution in [3.63, 3.8) is 0 Å². The summed E-state index contributed by atoms with van der Waals surface area (Å²) in [5.41, 5.74) is 9.54. The van der Waals surface area contributed by atoms with Gasteiger partial charge in [0.25, 0.3) is 0 Å². The molecule has 0 fully saturated rings. The topological polar surface area (TPSA) is 48.5 Å². The first-order chi connectivity index (χ1) is 26.8. The number of fused-ring (bicyclic) bond motifs is 7. The van der Waals surface area contributed by atoms with Crippen molar-refractivity contribution in [2.75, 3.05) is 0 Å². The highest BCUT2D eigenvalue weighted by molar-refractivity contribution is 6.17. The Morgan fingerprint density at radius 3 is 1.31 bits per heavy atom. The van der Waals surface area contributed by atoms with Crippen LogP contribution in [0.25, 0.3) is 99.9 Å². The molecule has 0 saturated heterocycles. The third-order valence-corrected chi connectivity index (χ3v) is 10.5. The van der Waals surface area contributed by atoms with E-state index >= 15 is 0 Å². The van der Waals surface area contributed by atoms with Crippen molar-refractivity contribution >= 4 is 54.4 Å². The third kappa shape index (κ3) is 4.69. The van der Waals surface area contributed by atoms with Crippen LogP contribution >= 0.6 is 0 Å². The average molecular weight is 690 g/mol. The van der Waals surface area contributed by atoms with Crippen LogP contribution in [0.5, 0.6) is 0 Å². The average Bonchev–Trinajstić information content (AvgIpc) is 3.77. The standard InChI is InChI=1S/C49H31N5/c1-3-17-35(18-4-1)53-41-25-11-9-21-37(41)45-39(23-13-27-43(45)53)48-50-47(34-30-29-32-15-7-8-16-33(32)31-34)51-49(52-48)40-24-14-28-44-46(40)38-22-10-12-26-42(38)54(44)36-19-5-2-6-20-36/h1-31H. The van der Waals surface area contributed by atoms with Crippen LogP contribution in [0.3, 0.4) is 0 Å². The van der Waals surface area contributed by atoms with Gasteiger partial charge in [-0.3, -0.25) is 0 Å². The molecule has 0 unspecified atom stereocenters. The zero-order valence-electron chi connectivity index (χ0n) is 29.1. The van der Waals surface area contributed by atoms with E-state index in [4.69, 9.17) is 15.0 Å². The van der Waals surface area contributed by atoms with Gasteiger partial charge >= 0.3 is 0 Å². The lowest BCUT2D eigenvalue weighted by Gasteiger charge is -2.12. The van der Waals surface area contributed by atoms with Crippen LogP contribution in [0.1, 0.15) is 0 Å². The summed E-state index contributed by atoms with van der Waals surface area (Å²) in [6.07, 6.45) is 0. The second-order valence-corrected chi connectivity index (χ2v) is 13.6. The van der Waals surface area contributed by atoms with E-state index < -0.39 is 0 Å². The molecule has 0 atom stereocenters. The highest BCUT2D eigenvalue weighted by Gasteiger charge is 2.22. The summed E-state index contributed by atoms with van der Waals surface area (Å²) in [6.45, 7) is 0. The summed E-state index contributed by atoms with van der Waals surface area (Å²) in [6, 6.07) is 66.1. The van der Waals surface area contributed by atoms with E-state index in [1.54, 1.807) is 0 Å². The molecule has 11 rings (SSSR count). The van der Waals surface area contributed by atoms with Crippen LogP contribution < -0.4 is 0 Å². The van der Waals surface area contributed by atoms with Crippen LogP contribution in [0.15, 0.2) is 188 Å². The van der Waals surface area contributed by atoms with E-state index in [2.05, 4.69) is 197 Å². The summed E-state index contributed by atoms with van der Waals surface area (Å²) in [7, 11) is 0. The fraction of sp³-hybridized carbons (Fsp3) is 0. The molecule has 0 saturated carbocycles. The first-order valence-corrected chi connectivity index (χ1v) is 18.2. The molecule has 252 valence electrons. The SMILES string of the molecule is c1ccc(-n2c3ccccc3c3c(-c4nc(-c5ccc6ccccc6c5)nc(-c5cccc6c5c5ccccc5n6-c5ccccc5)n4)cccc32)cc1. The van der Waals surface area contributed by atoms with Crippen LogP contribution in [0, 0.1) is 0 Å². The Hall–Kier alpha value is -7.37. The smallest absolute Gasteiger partial charge is 0.164 e.